The zero-order valence-corrected chi connectivity index (χ0v) is 24.9. The van der Waals surface area contributed by atoms with Crippen molar-refractivity contribution in [3.63, 3.8) is 0 Å². The summed E-state index contributed by atoms with van der Waals surface area (Å²) in [5.41, 5.74) is 1.78. The molecule has 0 aromatic heterocycles. The number of nitrogens with zero attached hydrogens (tertiary/aromatic N) is 2. The number of amides is 2. The Bertz CT molecular complexity index is 1240. The van der Waals surface area contributed by atoms with Gasteiger partial charge in [0.1, 0.15) is 11.7 Å². The average molecular weight is 582 g/mol. The number of Topliss-reactive ketones (excluding diaryl/α,β-unsaturated/α-hetero) is 1. The molecule has 2 aliphatic rings. The molecular formula is C32H40ClN3O5. The molecule has 220 valence electrons. The molecule has 0 saturated heterocycles. The fourth-order valence-electron chi connectivity index (χ4n) is 5.49. The fraction of sp³-hybridized carbons (Fsp3) is 0.500. The number of hydrogen-bond donors (Lipinski definition) is 1. The number of aliphatic imine (C=N–C) groups is 1. The Hall–Kier alpha value is -3.23. The molecule has 0 bridgehead atoms. The number of urea groups is 1. The van der Waals surface area contributed by atoms with Gasteiger partial charge in [-0.05, 0) is 101 Å². The Balaban J connectivity index is 1.33. The van der Waals surface area contributed by atoms with Crippen molar-refractivity contribution >= 4 is 35.1 Å². The summed E-state index contributed by atoms with van der Waals surface area (Å²) in [7, 11) is 0. The van der Waals surface area contributed by atoms with E-state index in [1.54, 1.807) is 56.0 Å². The van der Waals surface area contributed by atoms with Gasteiger partial charge in [0, 0.05) is 22.8 Å². The van der Waals surface area contributed by atoms with Gasteiger partial charge in [-0.25, -0.2) is 9.79 Å². The Labute approximate surface area is 247 Å². The van der Waals surface area contributed by atoms with Crippen molar-refractivity contribution in [2.75, 3.05) is 19.6 Å². The quantitative estimate of drug-likeness (QED) is 0.176. The van der Waals surface area contributed by atoms with Crippen LogP contribution in [-0.2, 0) is 9.53 Å². The Morgan fingerprint density at radius 3 is 2.51 bits per heavy atom. The predicted octanol–water partition coefficient (Wildman–Crippen LogP) is 6.42. The van der Waals surface area contributed by atoms with E-state index < -0.39 is 24.0 Å². The minimum Gasteiger partial charge on any atom is -0.490 e. The summed E-state index contributed by atoms with van der Waals surface area (Å²) in [4.78, 5) is 44.6. The molecule has 2 aromatic rings. The molecule has 8 nitrogen and oxygen atoms in total. The van der Waals surface area contributed by atoms with Crippen LogP contribution in [0.15, 0.2) is 53.5 Å². The molecule has 1 aliphatic carbocycles. The second-order valence-corrected chi connectivity index (χ2v) is 11.5. The average Bonchev–Trinajstić information content (AvgIpc) is 2.94. The van der Waals surface area contributed by atoms with Crippen LogP contribution in [0.3, 0.4) is 0 Å². The maximum Gasteiger partial charge on any atom is 0.344 e. The van der Waals surface area contributed by atoms with Gasteiger partial charge in [-0.3, -0.25) is 9.59 Å². The van der Waals surface area contributed by atoms with Crippen molar-refractivity contribution in [3.05, 3.63) is 64.7 Å². The third-order valence-corrected chi connectivity index (χ3v) is 7.72. The van der Waals surface area contributed by atoms with Crippen molar-refractivity contribution in [2.24, 2.45) is 10.9 Å². The molecule has 2 amide bonds. The lowest BCUT2D eigenvalue weighted by molar-refractivity contribution is -0.151. The van der Waals surface area contributed by atoms with E-state index in [0.29, 0.717) is 35.8 Å². The first-order valence-corrected chi connectivity index (χ1v) is 14.9. The third-order valence-electron chi connectivity index (χ3n) is 7.48. The number of ether oxygens (including phenoxy) is 2. The molecular weight excluding hydrogens is 542 g/mol. The molecule has 1 saturated carbocycles. The number of hydrogen-bond acceptors (Lipinski definition) is 6. The van der Waals surface area contributed by atoms with Crippen molar-refractivity contribution < 1.29 is 23.9 Å². The van der Waals surface area contributed by atoms with E-state index >= 15 is 0 Å². The van der Waals surface area contributed by atoms with Crippen LogP contribution in [0.5, 0.6) is 5.75 Å². The van der Waals surface area contributed by atoms with Crippen molar-refractivity contribution in [1.82, 2.24) is 10.2 Å². The summed E-state index contributed by atoms with van der Waals surface area (Å²) in [5.74, 6) is -0.386. The number of carbonyl (C=O) groups is 3. The van der Waals surface area contributed by atoms with Gasteiger partial charge in [0.05, 0.1) is 24.8 Å². The second kappa shape index (κ2) is 14.6. The van der Waals surface area contributed by atoms with Crippen LogP contribution in [-0.4, -0.2) is 60.2 Å². The van der Waals surface area contributed by atoms with E-state index in [4.69, 9.17) is 21.1 Å². The van der Waals surface area contributed by atoms with Crippen LogP contribution in [0.2, 0.25) is 5.02 Å². The van der Waals surface area contributed by atoms with Crippen LogP contribution in [0, 0.1) is 5.92 Å². The van der Waals surface area contributed by atoms with E-state index in [1.165, 1.54) is 19.3 Å². The summed E-state index contributed by atoms with van der Waals surface area (Å²) in [6.45, 7) is 6.28. The SMILES string of the molecule is CC1=NC(=O)N(CCCNCC(=O)c2ccc(OC3CCCCC3)cc2)C(c2cccc(Cl)c2)C1C(=O)OC(C)C. The van der Waals surface area contributed by atoms with Crippen LogP contribution in [0.25, 0.3) is 0 Å². The lowest BCUT2D eigenvalue weighted by atomic mass is 9.86. The van der Waals surface area contributed by atoms with E-state index in [2.05, 4.69) is 10.3 Å². The van der Waals surface area contributed by atoms with Gasteiger partial charge in [-0.15, -0.1) is 0 Å². The smallest absolute Gasteiger partial charge is 0.344 e. The maximum absolute atomic E-state index is 13.1. The highest BCUT2D eigenvalue weighted by molar-refractivity contribution is 6.30. The zero-order valence-electron chi connectivity index (χ0n) is 24.1. The van der Waals surface area contributed by atoms with Gasteiger partial charge in [0.2, 0.25) is 0 Å². The van der Waals surface area contributed by atoms with Crippen LogP contribution >= 0.6 is 11.6 Å². The van der Waals surface area contributed by atoms with Gasteiger partial charge in [-0.2, -0.15) is 0 Å². The third kappa shape index (κ3) is 8.39. The normalized spacial score (nSPS) is 19.7. The van der Waals surface area contributed by atoms with Crippen LogP contribution < -0.4 is 10.1 Å². The molecule has 2 atom stereocenters. The summed E-state index contributed by atoms with van der Waals surface area (Å²) in [6, 6.07) is 13.5. The monoisotopic (exact) mass is 581 g/mol. The minimum atomic E-state index is -0.742. The lowest BCUT2D eigenvalue weighted by Crippen LogP contribution is -2.48. The standard InChI is InChI=1S/C32H40ClN3O5/c1-21(2)40-31(38)29-22(3)35-32(39)36(30(29)24-9-7-10-25(33)19-24)18-8-17-34-20-28(37)23-13-15-27(16-14-23)41-26-11-5-4-6-12-26/h7,9-10,13-16,19,21,26,29-30,34H,4-6,8,11-12,17-18,20H2,1-3H3. The molecule has 1 N–H and O–H groups in total. The number of esters is 1. The molecule has 2 aromatic carbocycles. The summed E-state index contributed by atoms with van der Waals surface area (Å²) < 4.78 is 11.6. The first-order valence-electron chi connectivity index (χ1n) is 14.6. The Morgan fingerprint density at radius 2 is 1.83 bits per heavy atom. The largest absolute Gasteiger partial charge is 0.490 e. The summed E-state index contributed by atoms with van der Waals surface area (Å²) in [6.07, 6.45) is 6.38. The molecule has 41 heavy (non-hydrogen) atoms. The van der Waals surface area contributed by atoms with Crippen molar-refractivity contribution in [3.8, 4) is 5.75 Å². The van der Waals surface area contributed by atoms with Gasteiger partial charge < -0.3 is 19.7 Å². The first kappa shape index (κ1) is 30.7. The summed E-state index contributed by atoms with van der Waals surface area (Å²) >= 11 is 6.28. The maximum atomic E-state index is 13.1. The highest BCUT2D eigenvalue weighted by Crippen LogP contribution is 2.36. The highest BCUT2D eigenvalue weighted by Gasteiger charge is 2.43. The van der Waals surface area contributed by atoms with Crippen molar-refractivity contribution in [1.29, 1.82) is 0 Å². The Kier molecular flexibility index (Phi) is 10.9. The fourth-order valence-corrected chi connectivity index (χ4v) is 5.69. The number of nitrogens with one attached hydrogen (secondary N) is 1. The van der Waals surface area contributed by atoms with E-state index in [0.717, 1.165) is 24.2 Å². The molecule has 1 aliphatic heterocycles. The van der Waals surface area contributed by atoms with Crippen molar-refractivity contribution in [2.45, 2.75) is 77.5 Å². The van der Waals surface area contributed by atoms with E-state index in [-0.39, 0.29) is 24.5 Å². The molecule has 0 spiro atoms. The molecule has 4 rings (SSSR count). The lowest BCUT2D eigenvalue weighted by Gasteiger charge is -2.39. The predicted molar refractivity (Wildman–Crippen MR) is 160 cm³/mol. The van der Waals surface area contributed by atoms with Gasteiger partial charge in [0.25, 0.3) is 0 Å². The Morgan fingerprint density at radius 1 is 1.10 bits per heavy atom. The van der Waals surface area contributed by atoms with Gasteiger partial charge >= 0.3 is 12.0 Å². The first-order chi connectivity index (χ1) is 19.7. The minimum absolute atomic E-state index is 0.0169. The number of benzene rings is 2. The van der Waals surface area contributed by atoms with E-state index in [1.807, 2.05) is 18.2 Å². The topological polar surface area (TPSA) is 97.3 Å². The van der Waals surface area contributed by atoms with Crippen LogP contribution in [0.4, 0.5) is 4.79 Å². The molecule has 9 heteroatoms. The number of halogens is 1. The summed E-state index contributed by atoms with van der Waals surface area (Å²) in [5, 5.41) is 3.70. The molecule has 2 unspecified atom stereocenters. The van der Waals surface area contributed by atoms with Gasteiger partial charge in [0.15, 0.2) is 5.78 Å². The molecule has 0 radical (unpaired) electrons. The van der Waals surface area contributed by atoms with Gasteiger partial charge in [-0.1, -0.05) is 30.2 Å². The number of rotatable bonds is 12. The number of carbonyl (C=O) groups excluding carboxylic acids is 3. The highest BCUT2D eigenvalue weighted by atomic mass is 35.5. The second-order valence-electron chi connectivity index (χ2n) is 11.0. The zero-order chi connectivity index (χ0) is 29.4. The molecule has 1 fully saturated rings. The van der Waals surface area contributed by atoms with E-state index in [9.17, 15) is 14.4 Å². The molecule has 1 heterocycles. The number of ketones is 1. The van der Waals surface area contributed by atoms with Crippen LogP contribution in [0.1, 0.15) is 81.3 Å².